The Morgan fingerprint density at radius 2 is 1.84 bits per heavy atom. The fourth-order valence-corrected chi connectivity index (χ4v) is 4.26. The molecule has 31 heavy (non-hydrogen) atoms. The second-order valence-corrected chi connectivity index (χ2v) is 9.39. The number of carbonyl (C=O) groups is 2. The van der Waals surface area contributed by atoms with Crippen molar-refractivity contribution in [3.05, 3.63) is 64.1 Å². The third kappa shape index (κ3) is 8.22. The lowest BCUT2D eigenvalue weighted by Crippen LogP contribution is -2.50. The summed E-state index contributed by atoms with van der Waals surface area (Å²) in [5.41, 5.74) is 2.10. The number of hydrogen-bond donors (Lipinski definition) is 1. The van der Waals surface area contributed by atoms with E-state index >= 15 is 0 Å². The minimum atomic E-state index is -0.554. The standard InChI is InChI=1S/C24H31BrN2O3S/c1-5-17(2)26-24(29)18(3)27(14-20-7-6-8-21(25)13-20)23(28)16-31-15-19-9-11-22(30-4)12-10-19/h6-13,17-18H,5,14-16H2,1-4H3,(H,26,29)/t17-,18-/m1/s1. The number of rotatable bonds is 11. The van der Waals surface area contributed by atoms with Crippen LogP contribution in [0, 0.1) is 0 Å². The quantitative estimate of drug-likeness (QED) is 0.464. The summed E-state index contributed by atoms with van der Waals surface area (Å²) in [5, 5.41) is 2.99. The van der Waals surface area contributed by atoms with E-state index in [2.05, 4.69) is 21.2 Å². The Balaban J connectivity index is 2.06. The Hall–Kier alpha value is -1.99. The molecule has 2 aromatic carbocycles. The molecule has 0 fully saturated rings. The summed E-state index contributed by atoms with van der Waals surface area (Å²) >= 11 is 5.02. The smallest absolute Gasteiger partial charge is 0.242 e. The van der Waals surface area contributed by atoms with E-state index in [1.165, 1.54) is 0 Å². The van der Waals surface area contributed by atoms with Gasteiger partial charge in [-0.1, -0.05) is 47.1 Å². The van der Waals surface area contributed by atoms with Crippen molar-refractivity contribution >= 4 is 39.5 Å². The summed E-state index contributed by atoms with van der Waals surface area (Å²) in [6.45, 7) is 6.17. The lowest BCUT2D eigenvalue weighted by molar-refractivity contribution is -0.138. The minimum absolute atomic E-state index is 0.0507. The van der Waals surface area contributed by atoms with Gasteiger partial charge in [0.1, 0.15) is 11.8 Å². The van der Waals surface area contributed by atoms with Crippen LogP contribution in [-0.2, 0) is 21.9 Å². The van der Waals surface area contributed by atoms with Gasteiger partial charge in [0, 0.05) is 22.8 Å². The van der Waals surface area contributed by atoms with E-state index in [1.807, 2.05) is 62.4 Å². The molecule has 0 heterocycles. The summed E-state index contributed by atoms with van der Waals surface area (Å²) < 4.78 is 6.13. The molecule has 0 saturated carbocycles. The number of halogens is 1. The van der Waals surface area contributed by atoms with E-state index < -0.39 is 6.04 Å². The Morgan fingerprint density at radius 1 is 1.13 bits per heavy atom. The first kappa shape index (κ1) is 25.3. The molecule has 0 unspecified atom stereocenters. The molecule has 0 radical (unpaired) electrons. The second-order valence-electron chi connectivity index (χ2n) is 7.49. The van der Waals surface area contributed by atoms with Gasteiger partial charge in [-0.25, -0.2) is 0 Å². The summed E-state index contributed by atoms with van der Waals surface area (Å²) in [6.07, 6.45) is 0.843. The van der Waals surface area contributed by atoms with Crippen molar-refractivity contribution in [2.45, 2.75) is 51.6 Å². The molecule has 0 bridgehead atoms. The number of nitrogens with one attached hydrogen (secondary N) is 1. The molecule has 168 valence electrons. The predicted molar refractivity (Wildman–Crippen MR) is 131 cm³/mol. The Morgan fingerprint density at radius 3 is 2.45 bits per heavy atom. The molecule has 1 N–H and O–H groups in total. The average molecular weight is 507 g/mol. The van der Waals surface area contributed by atoms with Crippen molar-refractivity contribution in [2.75, 3.05) is 12.9 Å². The number of amides is 2. The number of thioether (sulfide) groups is 1. The van der Waals surface area contributed by atoms with Gasteiger partial charge < -0.3 is 15.0 Å². The highest BCUT2D eigenvalue weighted by Gasteiger charge is 2.26. The molecule has 0 saturated heterocycles. The maximum atomic E-state index is 13.1. The van der Waals surface area contributed by atoms with Crippen LogP contribution in [0.1, 0.15) is 38.3 Å². The van der Waals surface area contributed by atoms with Crippen molar-refractivity contribution < 1.29 is 14.3 Å². The maximum absolute atomic E-state index is 13.1. The van der Waals surface area contributed by atoms with Gasteiger partial charge in [-0.3, -0.25) is 9.59 Å². The lowest BCUT2D eigenvalue weighted by atomic mass is 10.1. The van der Waals surface area contributed by atoms with Gasteiger partial charge in [0.05, 0.1) is 12.9 Å². The molecule has 5 nitrogen and oxygen atoms in total. The molecule has 2 aromatic rings. The SMILES string of the molecule is CC[C@@H](C)NC(=O)[C@@H](C)N(Cc1cccc(Br)c1)C(=O)CSCc1ccc(OC)cc1. The first-order chi connectivity index (χ1) is 14.8. The monoisotopic (exact) mass is 506 g/mol. The van der Waals surface area contributed by atoms with Crippen LogP contribution >= 0.6 is 27.7 Å². The molecule has 0 aliphatic carbocycles. The number of nitrogens with zero attached hydrogens (tertiary/aromatic N) is 1. The molecule has 2 atom stereocenters. The van der Waals surface area contributed by atoms with Crippen molar-refractivity contribution in [1.29, 1.82) is 0 Å². The van der Waals surface area contributed by atoms with Crippen LogP contribution in [0.4, 0.5) is 0 Å². The predicted octanol–water partition coefficient (Wildman–Crippen LogP) is 5.02. The fraction of sp³-hybridized carbons (Fsp3) is 0.417. The third-order valence-corrected chi connectivity index (χ3v) is 6.55. The van der Waals surface area contributed by atoms with Gasteiger partial charge in [-0.2, -0.15) is 0 Å². The fourth-order valence-electron chi connectivity index (χ4n) is 2.94. The van der Waals surface area contributed by atoms with Gasteiger partial charge in [0.2, 0.25) is 11.8 Å². The summed E-state index contributed by atoms with van der Waals surface area (Å²) in [4.78, 5) is 27.5. The number of carbonyl (C=O) groups excluding carboxylic acids is 2. The molecule has 0 aromatic heterocycles. The zero-order valence-electron chi connectivity index (χ0n) is 18.6. The zero-order valence-corrected chi connectivity index (χ0v) is 21.0. The molecule has 0 aliphatic rings. The van der Waals surface area contributed by atoms with Crippen LogP contribution in [0.15, 0.2) is 53.0 Å². The van der Waals surface area contributed by atoms with Crippen LogP contribution in [0.3, 0.4) is 0 Å². The van der Waals surface area contributed by atoms with Crippen molar-refractivity contribution in [1.82, 2.24) is 10.2 Å². The highest BCUT2D eigenvalue weighted by atomic mass is 79.9. The Bertz CT molecular complexity index is 860. The van der Waals surface area contributed by atoms with Gasteiger partial charge in [0.15, 0.2) is 0 Å². The van der Waals surface area contributed by atoms with Gasteiger partial charge in [-0.15, -0.1) is 11.8 Å². The second kappa shape index (κ2) is 12.8. The largest absolute Gasteiger partial charge is 0.497 e. The van der Waals surface area contributed by atoms with Gasteiger partial charge >= 0.3 is 0 Å². The average Bonchev–Trinajstić information content (AvgIpc) is 2.77. The van der Waals surface area contributed by atoms with Crippen molar-refractivity contribution in [2.24, 2.45) is 0 Å². The van der Waals surface area contributed by atoms with E-state index in [4.69, 9.17) is 4.74 Å². The number of benzene rings is 2. The summed E-state index contributed by atoms with van der Waals surface area (Å²) in [5.74, 6) is 1.66. The summed E-state index contributed by atoms with van der Waals surface area (Å²) in [6, 6.07) is 15.2. The van der Waals surface area contributed by atoms with Crippen molar-refractivity contribution in [3.63, 3.8) is 0 Å². The van der Waals surface area contributed by atoms with E-state index in [-0.39, 0.29) is 17.9 Å². The lowest BCUT2D eigenvalue weighted by Gasteiger charge is -2.29. The highest BCUT2D eigenvalue weighted by molar-refractivity contribution is 9.10. The Labute approximate surface area is 198 Å². The topological polar surface area (TPSA) is 58.6 Å². The van der Waals surface area contributed by atoms with Gasteiger partial charge in [-0.05, 0) is 55.7 Å². The molecular weight excluding hydrogens is 476 g/mol. The molecule has 2 amide bonds. The van der Waals surface area contributed by atoms with Crippen LogP contribution in [0.25, 0.3) is 0 Å². The third-order valence-electron chi connectivity index (χ3n) is 5.06. The summed E-state index contributed by atoms with van der Waals surface area (Å²) in [7, 11) is 1.64. The van der Waals surface area contributed by atoms with E-state index in [0.29, 0.717) is 18.1 Å². The maximum Gasteiger partial charge on any atom is 0.242 e. The normalized spacial score (nSPS) is 12.7. The van der Waals surface area contributed by atoms with Crippen LogP contribution in [-0.4, -0.2) is 41.7 Å². The molecular formula is C24H31BrN2O3S. The number of methoxy groups -OCH3 is 1. The van der Waals surface area contributed by atoms with Crippen LogP contribution < -0.4 is 10.1 Å². The Kier molecular flexibility index (Phi) is 10.4. The number of ether oxygens (including phenoxy) is 1. The van der Waals surface area contributed by atoms with Crippen molar-refractivity contribution in [3.8, 4) is 5.75 Å². The first-order valence-corrected chi connectivity index (χ1v) is 12.3. The molecule has 0 spiro atoms. The van der Waals surface area contributed by atoms with E-state index in [9.17, 15) is 9.59 Å². The molecule has 2 rings (SSSR count). The van der Waals surface area contributed by atoms with E-state index in [0.717, 1.165) is 27.8 Å². The van der Waals surface area contributed by atoms with Crippen LogP contribution in [0.2, 0.25) is 0 Å². The van der Waals surface area contributed by atoms with Crippen LogP contribution in [0.5, 0.6) is 5.75 Å². The van der Waals surface area contributed by atoms with E-state index in [1.54, 1.807) is 30.7 Å². The molecule has 0 aliphatic heterocycles. The van der Waals surface area contributed by atoms with Gasteiger partial charge in [0.25, 0.3) is 0 Å². The zero-order chi connectivity index (χ0) is 22.8. The number of hydrogen-bond acceptors (Lipinski definition) is 4. The minimum Gasteiger partial charge on any atom is -0.497 e. The molecule has 7 heteroatoms. The first-order valence-electron chi connectivity index (χ1n) is 10.4. The highest BCUT2D eigenvalue weighted by Crippen LogP contribution is 2.19.